The highest BCUT2D eigenvalue weighted by molar-refractivity contribution is 6.30. The maximum absolute atomic E-state index is 6.02. The fraction of sp³-hybridized carbons (Fsp3) is 0.211. The average molecular weight is 352 g/mol. The maximum Gasteiger partial charge on any atom is 0.248 e. The van der Waals surface area contributed by atoms with Crippen LogP contribution in [0, 0.1) is 0 Å². The van der Waals surface area contributed by atoms with Crippen LogP contribution in [-0.2, 0) is 0 Å². The minimum absolute atomic E-state index is 0.0803. The summed E-state index contributed by atoms with van der Waals surface area (Å²) in [5.74, 6) is 1.14. The van der Waals surface area contributed by atoms with E-state index in [2.05, 4.69) is 65.0 Å². The number of fused-ring (bicyclic) bond motifs is 1. The van der Waals surface area contributed by atoms with Crippen molar-refractivity contribution < 1.29 is 0 Å². The molecule has 0 bridgehead atoms. The molecule has 0 aliphatic carbocycles. The molecule has 3 aromatic rings. The lowest BCUT2D eigenvalue weighted by Gasteiger charge is -2.23. The molecular weight excluding hydrogens is 334 g/mol. The van der Waals surface area contributed by atoms with Gasteiger partial charge in [0.15, 0.2) is 0 Å². The van der Waals surface area contributed by atoms with Crippen molar-refractivity contribution in [1.82, 2.24) is 20.2 Å². The Morgan fingerprint density at radius 1 is 1.04 bits per heavy atom. The number of allylic oxidation sites excluding steroid dienone is 1. The van der Waals surface area contributed by atoms with E-state index in [1.807, 2.05) is 24.3 Å². The minimum atomic E-state index is -0.0803. The van der Waals surface area contributed by atoms with Gasteiger partial charge in [0.25, 0.3) is 0 Å². The summed E-state index contributed by atoms with van der Waals surface area (Å²) in [6.07, 6.45) is 2.14. The first-order valence-corrected chi connectivity index (χ1v) is 8.62. The number of hydrogen-bond donors (Lipinski definition) is 1. The van der Waals surface area contributed by atoms with Crippen molar-refractivity contribution in [2.45, 2.75) is 25.8 Å². The van der Waals surface area contributed by atoms with Crippen LogP contribution in [0.25, 0.3) is 5.70 Å². The van der Waals surface area contributed by atoms with Crippen LogP contribution in [0.4, 0.5) is 5.95 Å². The van der Waals surface area contributed by atoms with Gasteiger partial charge in [-0.05, 0) is 51.2 Å². The van der Waals surface area contributed by atoms with E-state index in [9.17, 15) is 0 Å². The zero-order chi connectivity index (χ0) is 17.4. The van der Waals surface area contributed by atoms with Gasteiger partial charge < -0.3 is 5.32 Å². The van der Waals surface area contributed by atoms with Gasteiger partial charge in [-0.15, -0.1) is 0 Å². The quantitative estimate of drug-likeness (QED) is 0.754. The van der Waals surface area contributed by atoms with Gasteiger partial charge in [0, 0.05) is 10.7 Å². The molecule has 0 spiro atoms. The minimum Gasteiger partial charge on any atom is -0.323 e. The Morgan fingerprint density at radius 3 is 2.44 bits per heavy atom. The number of nitrogens with zero attached hydrogens (tertiary/aromatic N) is 4. The fourth-order valence-electron chi connectivity index (χ4n) is 2.97. The van der Waals surface area contributed by atoms with E-state index in [0.29, 0.717) is 16.9 Å². The summed E-state index contributed by atoms with van der Waals surface area (Å²) in [6, 6.07) is 16.3. The third-order valence-corrected chi connectivity index (χ3v) is 4.68. The van der Waals surface area contributed by atoms with E-state index in [4.69, 9.17) is 11.6 Å². The highest BCUT2D eigenvalue weighted by atomic mass is 35.5. The molecule has 126 valence electrons. The summed E-state index contributed by atoms with van der Waals surface area (Å²) in [7, 11) is 0. The second-order valence-corrected chi connectivity index (χ2v) is 6.86. The van der Waals surface area contributed by atoms with Crippen molar-refractivity contribution in [2.75, 3.05) is 5.32 Å². The summed E-state index contributed by atoms with van der Waals surface area (Å²) in [4.78, 5) is 0. The van der Waals surface area contributed by atoms with Gasteiger partial charge in [-0.1, -0.05) is 66.9 Å². The Hall–Kier alpha value is -2.66. The average Bonchev–Trinajstić information content (AvgIpc) is 3.10. The number of halogens is 1. The predicted octanol–water partition coefficient (Wildman–Crippen LogP) is 4.51. The molecule has 0 radical (unpaired) electrons. The number of nitrogens with one attached hydrogen (secondary N) is 1. The Labute approximate surface area is 151 Å². The van der Waals surface area contributed by atoms with Crippen LogP contribution in [-0.4, -0.2) is 20.2 Å². The van der Waals surface area contributed by atoms with E-state index in [0.717, 1.165) is 16.8 Å². The van der Waals surface area contributed by atoms with E-state index in [-0.39, 0.29) is 6.04 Å². The molecule has 0 amide bonds. The molecule has 1 atom stereocenters. The molecule has 1 aromatic heterocycles. The lowest BCUT2D eigenvalue weighted by Crippen LogP contribution is -2.20. The van der Waals surface area contributed by atoms with Gasteiger partial charge in [0.05, 0.1) is 0 Å². The molecule has 0 fully saturated rings. The zero-order valence-electron chi connectivity index (χ0n) is 14.0. The number of rotatable bonds is 3. The maximum atomic E-state index is 6.02. The number of tetrazole rings is 1. The van der Waals surface area contributed by atoms with Crippen molar-refractivity contribution in [3.8, 4) is 0 Å². The van der Waals surface area contributed by atoms with Crippen molar-refractivity contribution >= 4 is 23.2 Å². The van der Waals surface area contributed by atoms with Gasteiger partial charge in [0.2, 0.25) is 5.95 Å². The molecule has 4 rings (SSSR count). The number of aromatic nitrogens is 4. The van der Waals surface area contributed by atoms with Crippen molar-refractivity contribution in [1.29, 1.82) is 0 Å². The van der Waals surface area contributed by atoms with Gasteiger partial charge in [-0.3, -0.25) is 0 Å². The monoisotopic (exact) mass is 351 g/mol. The molecule has 2 heterocycles. The molecule has 1 N–H and O–H groups in total. The molecule has 1 aliphatic rings. The van der Waals surface area contributed by atoms with Crippen LogP contribution in [0.2, 0.25) is 5.02 Å². The molecule has 0 saturated heterocycles. The highest BCUT2D eigenvalue weighted by Crippen LogP contribution is 2.32. The summed E-state index contributed by atoms with van der Waals surface area (Å²) in [5, 5.41) is 16.0. The summed E-state index contributed by atoms with van der Waals surface area (Å²) in [5.41, 5.74) is 4.50. The van der Waals surface area contributed by atoms with Gasteiger partial charge in [0.1, 0.15) is 6.04 Å². The Bertz CT molecular complexity index is 910. The van der Waals surface area contributed by atoms with Crippen LogP contribution in [0.15, 0.2) is 54.6 Å². The third-order valence-electron chi connectivity index (χ3n) is 4.43. The van der Waals surface area contributed by atoms with Crippen LogP contribution in [0.5, 0.6) is 0 Å². The SMILES string of the molecule is CC(C)c1ccc(C2=CC(c3ccc(Cl)cc3)n3nnnc3N2)cc1. The topological polar surface area (TPSA) is 55.6 Å². The predicted molar refractivity (Wildman–Crippen MR) is 99.5 cm³/mol. The van der Waals surface area contributed by atoms with E-state index in [1.165, 1.54) is 5.56 Å². The second-order valence-electron chi connectivity index (χ2n) is 6.43. The van der Waals surface area contributed by atoms with Crippen molar-refractivity contribution in [3.63, 3.8) is 0 Å². The molecule has 5 nitrogen and oxygen atoms in total. The second kappa shape index (κ2) is 6.33. The Kier molecular flexibility index (Phi) is 4.01. The number of benzene rings is 2. The molecular formula is C19H18ClN5. The molecule has 6 heteroatoms. The van der Waals surface area contributed by atoms with Crippen LogP contribution in [0.3, 0.4) is 0 Å². The Balaban J connectivity index is 1.74. The van der Waals surface area contributed by atoms with Crippen molar-refractivity contribution in [3.05, 3.63) is 76.3 Å². The molecule has 1 aliphatic heterocycles. The number of hydrogen-bond acceptors (Lipinski definition) is 4. The zero-order valence-corrected chi connectivity index (χ0v) is 14.8. The smallest absolute Gasteiger partial charge is 0.248 e. The lowest BCUT2D eigenvalue weighted by atomic mass is 9.98. The van der Waals surface area contributed by atoms with Gasteiger partial charge in [-0.2, -0.15) is 4.68 Å². The first-order chi connectivity index (χ1) is 12.1. The van der Waals surface area contributed by atoms with Crippen LogP contribution >= 0.6 is 11.6 Å². The van der Waals surface area contributed by atoms with E-state index in [1.54, 1.807) is 4.68 Å². The summed E-state index contributed by atoms with van der Waals surface area (Å²) >= 11 is 6.02. The molecule has 0 saturated carbocycles. The summed E-state index contributed by atoms with van der Waals surface area (Å²) in [6.45, 7) is 4.38. The number of anilines is 1. The first kappa shape index (κ1) is 15.8. The fourth-order valence-corrected chi connectivity index (χ4v) is 3.09. The standard InChI is InChI=1S/C19H18ClN5/c1-12(2)13-3-5-14(6-4-13)17-11-18(15-7-9-16(20)10-8-15)25-19(21-17)22-23-24-25/h3-12,18H,1-2H3,(H,21,22,24). The molecule has 2 aromatic carbocycles. The largest absolute Gasteiger partial charge is 0.323 e. The Morgan fingerprint density at radius 2 is 1.76 bits per heavy atom. The van der Waals surface area contributed by atoms with E-state index < -0.39 is 0 Å². The summed E-state index contributed by atoms with van der Waals surface area (Å²) < 4.78 is 1.77. The first-order valence-electron chi connectivity index (χ1n) is 8.24. The van der Waals surface area contributed by atoms with Gasteiger partial charge in [-0.25, -0.2) is 0 Å². The van der Waals surface area contributed by atoms with Gasteiger partial charge >= 0.3 is 0 Å². The molecule has 1 unspecified atom stereocenters. The lowest BCUT2D eigenvalue weighted by molar-refractivity contribution is 0.586. The van der Waals surface area contributed by atoms with E-state index >= 15 is 0 Å². The highest BCUT2D eigenvalue weighted by Gasteiger charge is 2.24. The van der Waals surface area contributed by atoms with Crippen molar-refractivity contribution in [2.24, 2.45) is 0 Å². The normalized spacial score (nSPS) is 16.3. The van der Waals surface area contributed by atoms with Crippen LogP contribution < -0.4 is 5.32 Å². The molecule has 25 heavy (non-hydrogen) atoms. The third kappa shape index (κ3) is 3.03. The van der Waals surface area contributed by atoms with Crippen LogP contribution in [0.1, 0.15) is 42.5 Å².